The largest absolute Gasteiger partial charge is 0.487 e. The summed E-state index contributed by atoms with van der Waals surface area (Å²) in [7, 11) is 3.21. The summed E-state index contributed by atoms with van der Waals surface area (Å²) in [6.45, 7) is 0.0451. The average Bonchev–Trinajstić information content (AvgIpc) is 3.30. The maximum Gasteiger partial charge on any atom is 0.320 e. The lowest BCUT2D eigenvalue weighted by molar-refractivity contribution is 0.251. The van der Waals surface area contributed by atoms with E-state index in [9.17, 15) is 9.18 Å². The Kier molecular flexibility index (Phi) is 4.54. The second kappa shape index (κ2) is 6.77. The van der Waals surface area contributed by atoms with Crippen molar-refractivity contribution in [2.45, 2.75) is 25.5 Å². The van der Waals surface area contributed by atoms with Crippen molar-refractivity contribution in [3.05, 3.63) is 35.6 Å². The van der Waals surface area contributed by atoms with Crippen molar-refractivity contribution in [1.29, 1.82) is 0 Å². The SMILES string of the molecule is COc1cc(NC(=O)NCc2cccc(OC3CC3)c2F)nn1C. The Bertz CT molecular complexity index is 743. The lowest BCUT2D eigenvalue weighted by Crippen LogP contribution is -2.28. The van der Waals surface area contributed by atoms with Crippen LogP contribution in [-0.2, 0) is 13.6 Å². The highest BCUT2D eigenvalue weighted by molar-refractivity contribution is 5.88. The highest BCUT2D eigenvalue weighted by atomic mass is 19.1. The van der Waals surface area contributed by atoms with E-state index >= 15 is 0 Å². The molecule has 128 valence electrons. The number of carbonyl (C=O) groups excluding carboxylic acids is 1. The van der Waals surface area contributed by atoms with Gasteiger partial charge in [0.05, 0.1) is 13.2 Å². The molecule has 1 aromatic heterocycles. The first-order valence-electron chi connectivity index (χ1n) is 7.63. The third-order valence-electron chi connectivity index (χ3n) is 3.59. The maximum atomic E-state index is 14.3. The van der Waals surface area contributed by atoms with Gasteiger partial charge in [-0.05, 0) is 18.9 Å². The molecular formula is C16H19FN4O3. The smallest absolute Gasteiger partial charge is 0.320 e. The van der Waals surface area contributed by atoms with E-state index in [-0.39, 0.29) is 18.4 Å². The van der Waals surface area contributed by atoms with Crippen LogP contribution in [0.5, 0.6) is 11.6 Å². The zero-order chi connectivity index (χ0) is 17.1. The monoisotopic (exact) mass is 334 g/mol. The molecule has 0 spiro atoms. The topological polar surface area (TPSA) is 77.4 Å². The maximum absolute atomic E-state index is 14.3. The molecule has 2 amide bonds. The summed E-state index contributed by atoms with van der Waals surface area (Å²) in [5.74, 6) is 0.648. The van der Waals surface area contributed by atoms with Gasteiger partial charge >= 0.3 is 6.03 Å². The van der Waals surface area contributed by atoms with E-state index in [1.54, 1.807) is 31.3 Å². The molecule has 0 saturated heterocycles. The molecule has 2 N–H and O–H groups in total. The lowest BCUT2D eigenvalue weighted by Gasteiger charge is -2.10. The number of urea groups is 1. The van der Waals surface area contributed by atoms with E-state index in [1.165, 1.54) is 11.8 Å². The van der Waals surface area contributed by atoms with Gasteiger partial charge in [0.1, 0.15) is 0 Å². The number of halogens is 1. The first kappa shape index (κ1) is 16.1. The molecule has 1 aliphatic rings. The first-order chi connectivity index (χ1) is 11.6. The molecular weight excluding hydrogens is 315 g/mol. The quantitative estimate of drug-likeness (QED) is 0.850. The molecule has 1 heterocycles. The van der Waals surface area contributed by atoms with E-state index in [0.29, 0.717) is 17.3 Å². The standard InChI is InChI=1S/C16H19FN4O3/c1-21-14(23-2)8-13(20-21)19-16(22)18-9-10-4-3-5-12(15(10)17)24-11-6-7-11/h3-5,8,11H,6-7,9H2,1-2H3,(H2,18,19,20,22). The minimum absolute atomic E-state index is 0.0451. The van der Waals surface area contributed by atoms with Crippen molar-refractivity contribution < 1.29 is 18.7 Å². The van der Waals surface area contributed by atoms with E-state index in [2.05, 4.69) is 15.7 Å². The second-order valence-electron chi connectivity index (χ2n) is 5.55. The molecule has 2 aromatic rings. The average molecular weight is 334 g/mol. The molecule has 1 fully saturated rings. The normalized spacial score (nSPS) is 13.5. The van der Waals surface area contributed by atoms with E-state index in [4.69, 9.17) is 9.47 Å². The van der Waals surface area contributed by atoms with Gasteiger partial charge in [0.2, 0.25) is 5.88 Å². The van der Waals surface area contributed by atoms with Crippen LogP contribution in [0.3, 0.4) is 0 Å². The summed E-state index contributed by atoms with van der Waals surface area (Å²) in [5.41, 5.74) is 0.363. The van der Waals surface area contributed by atoms with Crippen LogP contribution in [-0.4, -0.2) is 29.0 Å². The van der Waals surface area contributed by atoms with Crippen LogP contribution in [0.2, 0.25) is 0 Å². The van der Waals surface area contributed by atoms with Crippen molar-refractivity contribution in [3.8, 4) is 11.6 Å². The molecule has 7 nitrogen and oxygen atoms in total. The van der Waals surface area contributed by atoms with Crippen LogP contribution in [0.1, 0.15) is 18.4 Å². The van der Waals surface area contributed by atoms with E-state index in [0.717, 1.165) is 12.8 Å². The van der Waals surface area contributed by atoms with Gasteiger partial charge in [-0.25, -0.2) is 13.9 Å². The number of hydrogen-bond acceptors (Lipinski definition) is 4. The minimum Gasteiger partial charge on any atom is -0.487 e. The third-order valence-corrected chi connectivity index (χ3v) is 3.59. The number of hydrogen-bond donors (Lipinski definition) is 2. The Labute approximate surface area is 138 Å². The number of nitrogens with zero attached hydrogens (tertiary/aromatic N) is 2. The third kappa shape index (κ3) is 3.76. The number of aromatic nitrogens is 2. The molecule has 0 radical (unpaired) electrons. The van der Waals surface area contributed by atoms with Gasteiger partial charge in [-0.15, -0.1) is 0 Å². The van der Waals surface area contributed by atoms with Crippen molar-refractivity contribution in [1.82, 2.24) is 15.1 Å². The number of ether oxygens (including phenoxy) is 2. The van der Waals surface area contributed by atoms with Crippen LogP contribution in [0.15, 0.2) is 24.3 Å². The van der Waals surface area contributed by atoms with Crippen LogP contribution in [0.4, 0.5) is 15.0 Å². The number of amides is 2. The van der Waals surface area contributed by atoms with Crippen LogP contribution < -0.4 is 20.1 Å². The number of nitrogens with one attached hydrogen (secondary N) is 2. The Morgan fingerprint density at radius 1 is 1.46 bits per heavy atom. The van der Waals surface area contributed by atoms with Crippen LogP contribution in [0.25, 0.3) is 0 Å². The number of methoxy groups -OCH3 is 1. The predicted octanol–water partition coefficient (Wildman–Crippen LogP) is 2.43. The molecule has 3 rings (SSSR count). The van der Waals surface area contributed by atoms with Crippen LogP contribution in [0, 0.1) is 5.82 Å². The van der Waals surface area contributed by atoms with Crippen molar-refractivity contribution in [2.75, 3.05) is 12.4 Å². The van der Waals surface area contributed by atoms with Gasteiger partial charge in [-0.1, -0.05) is 12.1 Å². The Balaban J connectivity index is 1.57. The molecule has 0 bridgehead atoms. The molecule has 0 atom stereocenters. The Morgan fingerprint density at radius 3 is 2.92 bits per heavy atom. The first-order valence-corrected chi connectivity index (χ1v) is 7.63. The molecule has 24 heavy (non-hydrogen) atoms. The number of aryl methyl sites for hydroxylation is 1. The van der Waals surface area contributed by atoms with Crippen molar-refractivity contribution >= 4 is 11.8 Å². The summed E-state index contributed by atoms with van der Waals surface area (Å²) in [5, 5.41) is 9.24. The van der Waals surface area contributed by atoms with Gasteiger partial charge in [0.15, 0.2) is 17.4 Å². The van der Waals surface area contributed by atoms with Gasteiger partial charge in [-0.2, -0.15) is 5.10 Å². The molecule has 0 aliphatic heterocycles. The second-order valence-corrected chi connectivity index (χ2v) is 5.55. The lowest BCUT2D eigenvalue weighted by atomic mass is 10.2. The number of benzene rings is 1. The number of rotatable bonds is 6. The van der Waals surface area contributed by atoms with Crippen molar-refractivity contribution in [3.63, 3.8) is 0 Å². The zero-order valence-electron chi connectivity index (χ0n) is 13.5. The van der Waals surface area contributed by atoms with Gasteiger partial charge < -0.3 is 14.8 Å². The molecule has 1 saturated carbocycles. The predicted molar refractivity (Wildman–Crippen MR) is 85.7 cm³/mol. The van der Waals surface area contributed by atoms with Crippen molar-refractivity contribution in [2.24, 2.45) is 7.05 Å². The minimum atomic E-state index is -0.483. The molecule has 8 heteroatoms. The zero-order valence-corrected chi connectivity index (χ0v) is 13.5. The summed E-state index contributed by atoms with van der Waals surface area (Å²) >= 11 is 0. The van der Waals surface area contributed by atoms with Gasteiger partial charge in [0.25, 0.3) is 0 Å². The molecule has 1 aliphatic carbocycles. The van der Waals surface area contributed by atoms with Gasteiger partial charge in [-0.3, -0.25) is 5.32 Å². The van der Waals surface area contributed by atoms with Crippen LogP contribution >= 0.6 is 0 Å². The molecule has 0 unspecified atom stereocenters. The summed E-state index contributed by atoms with van der Waals surface area (Å²) in [6.07, 6.45) is 2.03. The highest BCUT2D eigenvalue weighted by Gasteiger charge is 2.25. The summed E-state index contributed by atoms with van der Waals surface area (Å²) in [6, 6.07) is 6.02. The number of anilines is 1. The fourth-order valence-electron chi connectivity index (χ4n) is 2.19. The Morgan fingerprint density at radius 2 is 2.25 bits per heavy atom. The summed E-state index contributed by atoms with van der Waals surface area (Å²) < 4.78 is 26.4. The summed E-state index contributed by atoms with van der Waals surface area (Å²) in [4.78, 5) is 11.9. The Hall–Kier alpha value is -2.77. The fraction of sp³-hybridized carbons (Fsp3) is 0.375. The van der Waals surface area contributed by atoms with Gasteiger partial charge in [0, 0.05) is 25.2 Å². The van der Waals surface area contributed by atoms with E-state index in [1.807, 2.05) is 0 Å². The highest BCUT2D eigenvalue weighted by Crippen LogP contribution is 2.29. The number of carbonyl (C=O) groups is 1. The van der Waals surface area contributed by atoms with E-state index < -0.39 is 11.8 Å². The molecule has 1 aromatic carbocycles. The fourth-order valence-corrected chi connectivity index (χ4v) is 2.19.